The molecule has 1 aromatic carbocycles. The van der Waals surface area contributed by atoms with Crippen LogP contribution in [0.2, 0.25) is 0 Å². The SMILES string of the molecule is O=C(NC[C@H](O)CN1CCc2ccccc2C1)c1cc(NC2CCC(O)CC2)ncn1. The van der Waals surface area contributed by atoms with Crippen molar-refractivity contribution in [2.45, 2.75) is 56.9 Å². The Kier molecular flexibility index (Phi) is 7.11. The molecule has 1 fully saturated rings. The lowest BCUT2D eigenvalue weighted by Gasteiger charge is -2.30. The van der Waals surface area contributed by atoms with Crippen molar-refractivity contribution >= 4 is 11.7 Å². The van der Waals surface area contributed by atoms with E-state index in [1.807, 2.05) is 6.07 Å². The highest BCUT2D eigenvalue weighted by atomic mass is 16.3. The number of hydrogen-bond donors (Lipinski definition) is 4. The second kappa shape index (κ2) is 10.2. The number of carbonyl (C=O) groups is 1. The lowest BCUT2D eigenvalue weighted by atomic mass is 9.93. The summed E-state index contributed by atoms with van der Waals surface area (Å²) in [5.74, 6) is 0.279. The molecule has 1 saturated carbocycles. The summed E-state index contributed by atoms with van der Waals surface area (Å²) in [6, 6.07) is 10.3. The summed E-state index contributed by atoms with van der Waals surface area (Å²) in [5, 5.41) is 26.1. The van der Waals surface area contributed by atoms with Crippen LogP contribution in [0.5, 0.6) is 0 Å². The number of β-amino-alcohol motifs (C(OH)–C–C–N with tert-alkyl or cyclic N) is 1. The average Bonchev–Trinajstić information content (AvgIpc) is 2.79. The normalized spacial score (nSPS) is 22.4. The third kappa shape index (κ3) is 6.00. The second-order valence-corrected chi connectivity index (χ2v) is 8.56. The van der Waals surface area contributed by atoms with Crippen LogP contribution in [0.1, 0.15) is 47.3 Å². The molecule has 0 spiro atoms. The van der Waals surface area contributed by atoms with E-state index < -0.39 is 6.10 Å². The Balaban J connectivity index is 1.24. The molecule has 4 N–H and O–H groups in total. The molecular formula is C23H31N5O3. The molecule has 166 valence electrons. The minimum atomic E-state index is -0.651. The summed E-state index contributed by atoms with van der Waals surface area (Å²) in [6.45, 7) is 2.41. The van der Waals surface area contributed by atoms with Crippen molar-refractivity contribution in [2.24, 2.45) is 0 Å². The number of rotatable bonds is 7. The molecule has 8 nitrogen and oxygen atoms in total. The van der Waals surface area contributed by atoms with Gasteiger partial charge < -0.3 is 20.8 Å². The number of benzene rings is 1. The smallest absolute Gasteiger partial charge is 0.270 e. The van der Waals surface area contributed by atoms with Gasteiger partial charge in [-0.3, -0.25) is 9.69 Å². The van der Waals surface area contributed by atoms with Gasteiger partial charge in [-0.05, 0) is 43.2 Å². The standard InChI is InChI=1S/C23H31N5O3/c29-19-7-5-18(6-8-19)27-22-11-21(25-15-26-22)23(31)24-12-20(30)14-28-10-9-16-3-1-2-4-17(16)13-28/h1-4,11,15,18-20,29-30H,5-10,12-14H2,(H,24,31)(H,25,26,27)/t18?,19?,20-/m0/s1. The fraction of sp³-hybridized carbons (Fsp3) is 0.522. The number of carbonyl (C=O) groups excluding carboxylic acids is 1. The van der Waals surface area contributed by atoms with Crippen molar-refractivity contribution in [1.29, 1.82) is 0 Å². The third-order valence-corrected chi connectivity index (χ3v) is 6.13. The molecule has 1 aromatic heterocycles. The molecule has 1 amide bonds. The molecule has 0 unspecified atom stereocenters. The Labute approximate surface area is 182 Å². The van der Waals surface area contributed by atoms with Crippen molar-refractivity contribution in [1.82, 2.24) is 20.2 Å². The Bertz CT molecular complexity index is 885. The Hall–Kier alpha value is -2.55. The number of nitrogens with zero attached hydrogens (tertiary/aromatic N) is 3. The molecule has 1 aliphatic heterocycles. The van der Waals surface area contributed by atoms with Crippen LogP contribution >= 0.6 is 0 Å². The monoisotopic (exact) mass is 425 g/mol. The van der Waals surface area contributed by atoms with E-state index in [1.165, 1.54) is 17.5 Å². The zero-order valence-electron chi connectivity index (χ0n) is 17.7. The van der Waals surface area contributed by atoms with Crippen molar-refractivity contribution < 1.29 is 15.0 Å². The van der Waals surface area contributed by atoms with E-state index in [1.54, 1.807) is 6.07 Å². The molecule has 0 radical (unpaired) electrons. The van der Waals surface area contributed by atoms with Gasteiger partial charge in [0.1, 0.15) is 17.8 Å². The van der Waals surface area contributed by atoms with Gasteiger partial charge in [0.2, 0.25) is 0 Å². The first-order valence-corrected chi connectivity index (χ1v) is 11.1. The number of fused-ring (bicyclic) bond motifs is 1. The van der Waals surface area contributed by atoms with E-state index in [2.05, 4.69) is 43.7 Å². The van der Waals surface area contributed by atoms with Gasteiger partial charge >= 0.3 is 0 Å². The topological polar surface area (TPSA) is 111 Å². The van der Waals surface area contributed by atoms with E-state index in [9.17, 15) is 15.0 Å². The first-order chi connectivity index (χ1) is 15.1. The van der Waals surface area contributed by atoms with Crippen molar-refractivity contribution in [3.63, 3.8) is 0 Å². The van der Waals surface area contributed by atoms with E-state index in [0.29, 0.717) is 12.4 Å². The number of aliphatic hydroxyl groups is 2. The fourth-order valence-electron chi connectivity index (χ4n) is 4.36. The third-order valence-electron chi connectivity index (χ3n) is 6.13. The highest BCUT2D eigenvalue weighted by Gasteiger charge is 2.21. The highest BCUT2D eigenvalue weighted by molar-refractivity contribution is 5.92. The van der Waals surface area contributed by atoms with E-state index in [0.717, 1.165) is 45.2 Å². The van der Waals surface area contributed by atoms with Crippen LogP contribution in [0.3, 0.4) is 0 Å². The molecular weight excluding hydrogens is 394 g/mol. The van der Waals surface area contributed by atoms with Crippen LogP contribution in [0.15, 0.2) is 36.7 Å². The van der Waals surface area contributed by atoms with Crippen LogP contribution in [0, 0.1) is 0 Å². The molecule has 31 heavy (non-hydrogen) atoms. The number of nitrogens with one attached hydrogen (secondary N) is 2. The van der Waals surface area contributed by atoms with Gasteiger partial charge in [-0.1, -0.05) is 24.3 Å². The zero-order chi connectivity index (χ0) is 21.6. The number of aromatic nitrogens is 2. The molecule has 4 rings (SSSR count). The fourth-order valence-corrected chi connectivity index (χ4v) is 4.36. The Morgan fingerprint density at radius 1 is 1.16 bits per heavy atom. The molecule has 0 bridgehead atoms. The minimum absolute atomic E-state index is 0.171. The van der Waals surface area contributed by atoms with Crippen molar-refractivity contribution in [2.75, 3.05) is 25.0 Å². The van der Waals surface area contributed by atoms with Gasteiger partial charge in [-0.2, -0.15) is 0 Å². The number of aliphatic hydroxyl groups excluding tert-OH is 2. The maximum absolute atomic E-state index is 12.5. The van der Waals surface area contributed by atoms with Crippen LogP contribution in [-0.2, 0) is 13.0 Å². The highest BCUT2D eigenvalue weighted by Crippen LogP contribution is 2.21. The molecule has 2 heterocycles. The Morgan fingerprint density at radius 3 is 2.74 bits per heavy atom. The zero-order valence-corrected chi connectivity index (χ0v) is 17.7. The van der Waals surface area contributed by atoms with Crippen LogP contribution < -0.4 is 10.6 Å². The predicted molar refractivity (Wildman–Crippen MR) is 118 cm³/mol. The minimum Gasteiger partial charge on any atom is -0.393 e. The molecule has 1 atom stereocenters. The summed E-state index contributed by atoms with van der Waals surface area (Å²) in [6.07, 6.45) is 4.79. The lowest BCUT2D eigenvalue weighted by molar-refractivity contribution is 0.0838. The van der Waals surface area contributed by atoms with Crippen molar-refractivity contribution in [3.05, 3.63) is 53.5 Å². The van der Waals surface area contributed by atoms with Gasteiger partial charge in [0.25, 0.3) is 5.91 Å². The van der Waals surface area contributed by atoms with Gasteiger partial charge in [0.05, 0.1) is 12.2 Å². The first-order valence-electron chi connectivity index (χ1n) is 11.1. The first kappa shape index (κ1) is 21.7. The second-order valence-electron chi connectivity index (χ2n) is 8.56. The predicted octanol–water partition coefficient (Wildman–Crippen LogP) is 1.34. The van der Waals surface area contributed by atoms with Gasteiger partial charge in [-0.15, -0.1) is 0 Å². The maximum atomic E-state index is 12.5. The lowest BCUT2D eigenvalue weighted by Crippen LogP contribution is -2.42. The summed E-state index contributed by atoms with van der Waals surface area (Å²) in [5.41, 5.74) is 2.95. The summed E-state index contributed by atoms with van der Waals surface area (Å²) in [4.78, 5) is 23.0. The Morgan fingerprint density at radius 2 is 1.94 bits per heavy atom. The molecule has 1 aliphatic carbocycles. The molecule has 8 heteroatoms. The van der Waals surface area contributed by atoms with Crippen LogP contribution in [0.4, 0.5) is 5.82 Å². The summed E-state index contributed by atoms with van der Waals surface area (Å²) >= 11 is 0. The van der Waals surface area contributed by atoms with Crippen LogP contribution in [-0.4, -0.2) is 68.9 Å². The molecule has 0 saturated heterocycles. The van der Waals surface area contributed by atoms with E-state index in [-0.39, 0.29) is 30.3 Å². The van der Waals surface area contributed by atoms with Gasteiger partial charge in [-0.25, -0.2) is 9.97 Å². The molecule has 2 aromatic rings. The summed E-state index contributed by atoms with van der Waals surface area (Å²) in [7, 11) is 0. The summed E-state index contributed by atoms with van der Waals surface area (Å²) < 4.78 is 0. The van der Waals surface area contributed by atoms with E-state index in [4.69, 9.17) is 0 Å². The molecule has 2 aliphatic rings. The largest absolute Gasteiger partial charge is 0.393 e. The van der Waals surface area contributed by atoms with E-state index >= 15 is 0 Å². The van der Waals surface area contributed by atoms with Crippen LogP contribution in [0.25, 0.3) is 0 Å². The van der Waals surface area contributed by atoms with Crippen molar-refractivity contribution in [3.8, 4) is 0 Å². The number of anilines is 1. The number of amides is 1. The number of hydrogen-bond acceptors (Lipinski definition) is 7. The maximum Gasteiger partial charge on any atom is 0.270 e. The quantitative estimate of drug-likeness (QED) is 0.530. The van der Waals surface area contributed by atoms with Gasteiger partial charge in [0, 0.05) is 38.3 Å². The average molecular weight is 426 g/mol. The van der Waals surface area contributed by atoms with Gasteiger partial charge in [0.15, 0.2) is 0 Å².